The summed E-state index contributed by atoms with van der Waals surface area (Å²) in [6.07, 6.45) is 3.06. The van der Waals surface area contributed by atoms with E-state index in [2.05, 4.69) is 0 Å². The van der Waals surface area contributed by atoms with Crippen LogP contribution in [0.3, 0.4) is 0 Å². The Labute approximate surface area is 237 Å². The molecule has 0 radical (unpaired) electrons. The number of rotatable bonds is 8. The molecule has 4 rings (SSSR count). The van der Waals surface area contributed by atoms with Gasteiger partial charge in [0.05, 0.1) is 0 Å². The maximum absolute atomic E-state index is 8.52. The van der Waals surface area contributed by atoms with Gasteiger partial charge < -0.3 is 20.4 Å². The fourth-order valence-corrected chi connectivity index (χ4v) is 3.10. The SMILES string of the molecule is OCCc1ccccc1.OCCc1ccccc1.OCCc1ccccc1.OCCc1ccccc1.[Ti]. The Hall–Kier alpha value is -2.57. The summed E-state index contributed by atoms with van der Waals surface area (Å²) in [6, 6.07) is 39.8. The number of hydrogen-bond acceptors (Lipinski definition) is 4. The Bertz CT molecular complexity index is 803. The Kier molecular flexibility index (Phi) is 23.4. The van der Waals surface area contributed by atoms with Gasteiger partial charge in [-0.3, -0.25) is 0 Å². The molecule has 0 aromatic heterocycles. The number of aliphatic hydroxyl groups excluding tert-OH is 4. The third-order valence-electron chi connectivity index (χ3n) is 4.97. The molecule has 0 saturated carbocycles. The zero-order valence-electron chi connectivity index (χ0n) is 21.5. The molecule has 5 heteroatoms. The van der Waals surface area contributed by atoms with Gasteiger partial charge in [-0.15, -0.1) is 0 Å². The number of hydrogen-bond donors (Lipinski definition) is 4. The van der Waals surface area contributed by atoms with E-state index < -0.39 is 0 Å². The Balaban J connectivity index is 0.000000463. The van der Waals surface area contributed by atoms with Crippen LogP contribution in [0.25, 0.3) is 0 Å². The van der Waals surface area contributed by atoms with Gasteiger partial charge in [-0.2, -0.15) is 0 Å². The molecule has 0 bridgehead atoms. The van der Waals surface area contributed by atoms with E-state index in [0.717, 1.165) is 25.7 Å². The predicted molar refractivity (Wildman–Crippen MR) is 149 cm³/mol. The summed E-state index contributed by atoms with van der Waals surface area (Å²) in [6.45, 7) is 0.960. The van der Waals surface area contributed by atoms with E-state index in [0.29, 0.717) is 0 Å². The molecular formula is C32H40O4Ti. The molecule has 0 fully saturated rings. The largest absolute Gasteiger partial charge is 0.396 e. The summed E-state index contributed by atoms with van der Waals surface area (Å²) < 4.78 is 0. The maximum Gasteiger partial charge on any atom is 0.0471 e. The monoisotopic (exact) mass is 536 g/mol. The standard InChI is InChI=1S/4C8H10O.Ti/c4*9-7-6-8-4-2-1-3-5-8;/h4*1-5,9H,6-7H2;. The van der Waals surface area contributed by atoms with Crippen molar-refractivity contribution in [2.45, 2.75) is 25.7 Å². The van der Waals surface area contributed by atoms with E-state index in [1.54, 1.807) is 0 Å². The second-order valence-corrected chi connectivity index (χ2v) is 7.84. The van der Waals surface area contributed by atoms with Crippen LogP contribution in [0.5, 0.6) is 0 Å². The first-order valence-electron chi connectivity index (χ1n) is 12.3. The van der Waals surface area contributed by atoms with Crippen LogP contribution in [0.1, 0.15) is 22.3 Å². The number of aliphatic hydroxyl groups is 4. The van der Waals surface area contributed by atoms with Crippen molar-refractivity contribution in [3.8, 4) is 0 Å². The van der Waals surface area contributed by atoms with E-state index >= 15 is 0 Å². The van der Waals surface area contributed by atoms with Crippen LogP contribution < -0.4 is 0 Å². The molecule has 0 aliphatic heterocycles. The molecule has 0 heterocycles. The van der Waals surface area contributed by atoms with E-state index in [9.17, 15) is 0 Å². The van der Waals surface area contributed by atoms with Crippen LogP contribution in [0.15, 0.2) is 121 Å². The minimum absolute atomic E-state index is 0. The zero-order chi connectivity index (χ0) is 26.1. The van der Waals surface area contributed by atoms with Gasteiger partial charge in [-0.05, 0) is 47.9 Å². The Morgan fingerprint density at radius 1 is 0.297 bits per heavy atom. The normalized spacial score (nSPS) is 9.19. The molecule has 4 N–H and O–H groups in total. The quantitative estimate of drug-likeness (QED) is 0.242. The first-order valence-corrected chi connectivity index (χ1v) is 12.3. The van der Waals surface area contributed by atoms with Crippen LogP contribution in [-0.4, -0.2) is 46.9 Å². The third kappa shape index (κ3) is 19.2. The van der Waals surface area contributed by atoms with Crippen LogP contribution >= 0.6 is 0 Å². The maximum atomic E-state index is 8.52. The van der Waals surface area contributed by atoms with Crippen molar-refractivity contribution in [3.63, 3.8) is 0 Å². The molecule has 4 aromatic carbocycles. The molecule has 0 amide bonds. The summed E-state index contributed by atoms with van der Waals surface area (Å²) in [4.78, 5) is 0. The van der Waals surface area contributed by atoms with Gasteiger partial charge in [0.25, 0.3) is 0 Å². The molecule has 0 saturated heterocycles. The summed E-state index contributed by atoms with van der Waals surface area (Å²) in [7, 11) is 0. The van der Waals surface area contributed by atoms with E-state index in [1.165, 1.54) is 22.3 Å². The van der Waals surface area contributed by atoms with Gasteiger partial charge in [0.1, 0.15) is 0 Å². The van der Waals surface area contributed by atoms with Crippen molar-refractivity contribution in [2.24, 2.45) is 0 Å². The summed E-state index contributed by atoms with van der Waals surface area (Å²) in [5.41, 5.74) is 4.78. The second kappa shape index (κ2) is 25.1. The van der Waals surface area contributed by atoms with E-state index in [1.807, 2.05) is 121 Å². The van der Waals surface area contributed by atoms with Crippen LogP contribution in [0.4, 0.5) is 0 Å². The first-order chi connectivity index (χ1) is 17.7. The molecule has 0 aliphatic carbocycles. The first kappa shape index (κ1) is 34.4. The fourth-order valence-electron chi connectivity index (χ4n) is 3.10. The summed E-state index contributed by atoms with van der Waals surface area (Å²) >= 11 is 0. The molecular weight excluding hydrogens is 496 g/mol. The van der Waals surface area contributed by atoms with Gasteiger partial charge >= 0.3 is 0 Å². The molecule has 4 nitrogen and oxygen atoms in total. The van der Waals surface area contributed by atoms with Crippen molar-refractivity contribution in [1.82, 2.24) is 0 Å². The third-order valence-corrected chi connectivity index (χ3v) is 4.97. The van der Waals surface area contributed by atoms with Crippen molar-refractivity contribution in [3.05, 3.63) is 144 Å². The molecule has 0 aliphatic rings. The summed E-state index contributed by atoms with van der Waals surface area (Å²) in [5, 5.41) is 34.1. The van der Waals surface area contributed by atoms with Gasteiger partial charge in [-0.1, -0.05) is 121 Å². The van der Waals surface area contributed by atoms with Crippen molar-refractivity contribution >= 4 is 0 Å². The van der Waals surface area contributed by atoms with Gasteiger partial charge in [0, 0.05) is 48.1 Å². The van der Waals surface area contributed by atoms with E-state index in [-0.39, 0.29) is 48.1 Å². The fraction of sp³-hybridized carbons (Fsp3) is 0.250. The average Bonchev–Trinajstić information content (AvgIpc) is 2.93. The average molecular weight is 537 g/mol. The Morgan fingerprint density at radius 2 is 0.459 bits per heavy atom. The predicted octanol–water partition coefficient (Wildman–Crippen LogP) is 4.88. The van der Waals surface area contributed by atoms with Crippen LogP contribution in [0.2, 0.25) is 0 Å². The van der Waals surface area contributed by atoms with Crippen LogP contribution in [0, 0.1) is 0 Å². The minimum atomic E-state index is 0. The smallest absolute Gasteiger partial charge is 0.0471 e. The van der Waals surface area contributed by atoms with Crippen molar-refractivity contribution in [2.75, 3.05) is 26.4 Å². The molecule has 0 unspecified atom stereocenters. The molecule has 196 valence electrons. The van der Waals surface area contributed by atoms with Gasteiger partial charge in [0.2, 0.25) is 0 Å². The second-order valence-electron chi connectivity index (χ2n) is 7.84. The molecule has 4 aromatic rings. The minimum Gasteiger partial charge on any atom is -0.396 e. The topological polar surface area (TPSA) is 80.9 Å². The number of benzene rings is 4. The molecule has 0 spiro atoms. The van der Waals surface area contributed by atoms with Gasteiger partial charge in [-0.25, -0.2) is 0 Å². The summed E-state index contributed by atoms with van der Waals surface area (Å²) in [5.74, 6) is 0. The van der Waals surface area contributed by atoms with Crippen LogP contribution in [-0.2, 0) is 47.4 Å². The van der Waals surface area contributed by atoms with Crippen molar-refractivity contribution in [1.29, 1.82) is 0 Å². The van der Waals surface area contributed by atoms with Gasteiger partial charge in [0.15, 0.2) is 0 Å². The zero-order valence-corrected chi connectivity index (χ0v) is 23.1. The van der Waals surface area contributed by atoms with Crippen molar-refractivity contribution < 1.29 is 42.1 Å². The molecule has 37 heavy (non-hydrogen) atoms. The van der Waals surface area contributed by atoms with E-state index in [4.69, 9.17) is 20.4 Å². The molecule has 0 atom stereocenters. The Morgan fingerprint density at radius 3 is 0.595 bits per heavy atom.